The monoisotopic (exact) mass is 345 g/mol. The van der Waals surface area contributed by atoms with Gasteiger partial charge in [0.25, 0.3) is 5.69 Å². The molecule has 0 atom stereocenters. The molecule has 0 aliphatic rings. The Bertz CT molecular complexity index is 894. The van der Waals surface area contributed by atoms with E-state index in [1.807, 2.05) is 31.2 Å². The van der Waals surface area contributed by atoms with Gasteiger partial charge < -0.3 is 0 Å². The SMILES string of the molecule is Cc1ccc(-c2ssc(=S)c2-c2ccccc2[N+](=O)[O-])cc1. The Hall–Kier alpha value is -1.89. The molecule has 2 aromatic carbocycles. The molecule has 6 heteroatoms. The molecule has 1 heterocycles. The Balaban J connectivity index is 2.25. The fourth-order valence-corrected chi connectivity index (χ4v) is 5.12. The molecule has 1 aromatic heterocycles. The number of nitrogens with zero attached hydrogens (tertiary/aromatic N) is 1. The van der Waals surface area contributed by atoms with Crippen molar-refractivity contribution in [3.63, 3.8) is 0 Å². The van der Waals surface area contributed by atoms with Gasteiger partial charge in [-0.1, -0.05) is 74.9 Å². The lowest BCUT2D eigenvalue weighted by molar-refractivity contribution is -0.384. The number of rotatable bonds is 3. The molecule has 110 valence electrons. The number of aryl methyl sites for hydroxylation is 1. The van der Waals surface area contributed by atoms with E-state index < -0.39 is 0 Å². The molecule has 0 saturated carbocycles. The molecule has 0 N–H and O–H groups in total. The normalized spacial score (nSPS) is 10.6. The van der Waals surface area contributed by atoms with Crippen molar-refractivity contribution in [1.29, 1.82) is 0 Å². The molecule has 3 aromatic rings. The van der Waals surface area contributed by atoms with Crippen LogP contribution in [0.15, 0.2) is 48.5 Å². The van der Waals surface area contributed by atoms with Crippen LogP contribution in [0.4, 0.5) is 5.69 Å². The fraction of sp³-hybridized carbons (Fsp3) is 0.0625. The van der Waals surface area contributed by atoms with E-state index in [-0.39, 0.29) is 10.6 Å². The zero-order chi connectivity index (χ0) is 15.7. The third-order valence-corrected chi connectivity index (χ3v) is 6.38. The molecule has 3 rings (SSSR count). The maximum Gasteiger partial charge on any atom is 0.277 e. The molecular weight excluding hydrogens is 334 g/mol. The molecule has 0 saturated heterocycles. The maximum absolute atomic E-state index is 11.3. The van der Waals surface area contributed by atoms with Gasteiger partial charge in [-0.25, -0.2) is 0 Å². The van der Waals surface area contributed by atoms with Crippen LogP contribution in [0, 0.1) is 20.9 Å². The Morgan fingerprint density at radius 1 is 1.05 bits per heavy atom. The number of hydrogen-bond donors (Lipinski definition) is 0. The smallest absolute Gasteiger partial charge is 0.258 e. The van der Waals surface area contributed by atoms with Gasteiger partial charge in [-0.05, 0) is 18.6 Å². The fourth-order valence-electron chi connectivity index (χ4n) is 2.23. The molecule has 0 spiro atoms. The molecule has 0 aliphatic carbocycles. The lowest BCUT2D eigenvalue weighted by atomic mass is 10.0. The van der Waals surface area contributed by atoms with E-state index in [0.717, 1.165) is 16.0 Å². The van der Waals surface area contributed by atoms with E-state index in [9.17, 15) is 10.1 Å². The van der Waals surface area contributed by atoms with Crippen LogP contribution in [0.2, 0.25) is 0 Å². The van der Waals surface area contributed by atoms with Crippen LogP contribution in [0.25, 0.3) is 21.6 Å². The molecule has 0 radical (unpaired) electrons. The van der Waals surface area contributed by atoms with Crippen LogP contribution >= 0.6 is 32.9 Å². The summed E-state index contributed by atoms with van der Waals surface area (Å²) in [6.07, 6.45) is 0. The van der Waals surface area contributed by atoms with E-state index in [1.54, 1.807) is 28.5 Å². The third kappa shape index (κ3) is 2.72. The zero-order valence-electron chi connectivity index (χ0n) is 11.6. The standard InChI is InChI=1S/C16H11NO2S3/c1-10-6-8-11(9-7-10)15-14(16(20)22-21-15)12-4-2-3-5-13(12)17(18)19/h2-9H,1H3. The highest BCUT2D eigenvalue weighted by Gasteiger charge is 2.20. The first-order chi connectivity index (χ1) is 10.6. The van der Waals surface area contributed by atoms with Gasteiger partial charge in [0.15, 0.2) is 0 Å². The minimum atomic E-state index is -0.356. The summed E-state index contributed by atoms with van der Waals surface area (Å²) in [5.41, 5.74) is 3.69. The molecule has 0 fully saturated rings. The van der Waals surface area contributed by atoms with Crippen LogP contribution in [-0.4, -0.2) is 4.92 Å². The summed E-state index contributed by atoms with van der Waals surface area (Å²) in [5, 5.41) is 11.3. The molecule has 22 heavy (non-hydrogen) atoms. The van der Waals surface area contributed by atoms with Crippen molar-refractivity contribution in [3.8, 4) is 21.6 Å². The molecule has 0 bridgehead atoms. The number of hydrogen-bond acceptors (Lipinski definition) is 5. The van der Waals surface area contributed by atoms with Gasteiger partial charge in [-0.15, -0.1) is 0 Å². The predicted molar refractivity (Wildman–Crippen MR) is 95.3 cm³/mol. The van der Waals surface area contributed by atoms with Gasteiger partial charge >= 0.3 is 0 Å². The Kier molecular flexibility index (Phi) is 4.15. The van der Waals surface area contributed by atoms with Crippen LogP contribution in [-0.2, 0) is 0 Å². The summed E-state index contributed by atoms with van der Waals surface area (Å²) < 4.78 is 0.690. The largest absolute Gasteiger partial charge is 0.277 e. The molecular formula is C16H11NO2S3. The summed E-state index contributed by atoms with van der Waals surface area (Å²) in [5.74, 6) is 0. The van der Waals surface area contributed by atoms with Gasteiger partial charge in [-0.3, -0.25) is 10.1 Å². The van der Waals surface area contributed by atoms with Crippen LogP contribution in [0.1, 0.15) is 5.56 Å². The van der Waals surface area contributed by atoms with Crippen molar-refractivity contribution >= 4 is 38.6 Å². The third-order valence-electron chi connectivity index (χ3n) is 3.32. The predicted octanol–water partition coefficient (Wildman–Crippen LogP) is 6.09. The van der Waals surface area contributed by atoms with Crippen molar-refractivity contribution in [1.82, 2.24) is 0 Å². The summed E-state index contributed by atoms with van der Waals surface area (Å²) in [6.45, 7) is 2.03. The van der Waals surface area contributed by atoms with E-state index in [4.69, 9.17) is 12.2 Å². The second kappa shape index (κ2) is 6.08. The zero-order valence-corrected chi connectivity index (χ0v) is 14.1. The van der Waals surface area contributed by atoms with Gasteiger partial charge in [0.2, 0.25) is 0 Å². The van der Waals surface area contributed by atoms with Gasteiger partial charge in [0.05, 0.1) is 15.4 Å². The first-order valence-corrected chi connectivity index (χ1v) is 9.07. The second-order valence-corrected chi connectivity index (χ2v) is 7.62. The minimum absolute atomic E-state index is 0.0903. The maximum atomic E-state index is 11.3. The van der Waals surface area contributed by atoms with Crippen LogP contribution in [0.5, 0.6) is 0 Å². The first-order valence-electron chi connectivity index (χ1n) is 6.52. The lowest BCUT2D eigenvalue weighted by Gasteiger charge is -2.05. The van der Waals surface area contributed by atoms with Crippen molar-refractivity contribution < 1.29 is 4.92 Å². The number of para-hydroxylation sites is 1. The van der Waals surface area contributed by atoms with Crippen molar-refractivity contribution in [2.24, 2.45) is 0 Å². The first kappa shape index (κ1) is 15.0. The summed E-state index contributed by atoms with van der Waals surface area (Å²) in [6, 6.07) is 14.9. The highest BCUT2D eigenvalue weighted by Crippen LogP contribution is 2.43. The second-order valence-electron chi connectivity index (χ2n) is 4.80. The van der Waals surface area contributed by atoms with E-state index in [1.165, 1.54) is 22.0 Å². The quantitative estimate of drug-likeness (QED) is 0.250. The molecule has 3 nitrogen and oxygen atoms in total. The van der Waals surface area contributed by atoms with E-state index >= 15 is 0 Å². The summed E-state index contributed by atoms with van der Waals surface area (Å²) in [7, 11) is 3.04. The van der Waals surface area contributed by atoms with E-state index in [2.05, 4.69) is 0 Å². The Morgan fingerprint density at radius 3 is 2.41 bits per heavy atom. The number of benzene rings is 2. The average molecular weight is 345 g/mol. The molecule has 0 amide bonds. The van der Waals surface area contributed by atoms with Crippen molar-refractivity contribution in [3.05, 3.63) is 68.0 Å². The van der Waals surface area contributed by atoms with Crippen molar-refractivity contribution in [2.45, 2.75) is 6.92 Å². The van der Waals surface area contributed by atoms with E-state index in [0.29, 0.717) is 9.39 Å². The topological polar surface area (TPSA) is 43.1 Å². The lowest BCUT2D eigenvalue weighted by Crippen LogP contribution is -1.92. The highest BCUT2D eigenvalue weighted by atomic mass is 32.9. The van der Waals surface area contributed by atoms with Gasteiger partial charge in [0.1, 0.15) is 3.82 Å². The highest BCUT2D eigenvalue weighted by molar-refractivity contribution is 7.80. The van der Waals surface area contributed by atoms with Gasteiger partial charge in [0, 0.05) is 11.6 Å². The van der Waals surface area contributed by atoms with Gasteiger partial charge in [-0.2, -0.15) is 0 Å². The Labute approximate surface area is 140 Å². The molecule has 0 unspecified atom stereocenters. The number of nitro benzene ring substituents is 1. The van der Waals surface area contributed by atoms with Crippen LogP contribution < -0.4 is 0 Å². The van der Waals surface area contributed by atoms with Crippen LogP contribution in [0.3, 0.4) is 0 Å². The Morgan fingerprint density at radius 2 is 1.73 bits per heavy atom. The minimum Gasteiger partial charge on any atom is -0.258 e. The average Bonchev–Trinajstić information content (AvgIpc) is 2.89. The van der Waals surface area contributed by atoms with Crippen molar-refractivity contribution in [2.75, 3.05) is 0 Å². The summed E-state index contributed by atoms with van der Waals surface area (Å²) >= 11 is 5.43. The number of nitro groups is 1. The summed E-state index contributed by atoms with van der Waals surface area (Å²) in [4.78, 5) is 11.9. The molecule has 0 aliphatic heterocycles.